The van der Waals surface area contributed by atoms with Gasteiger partial charge in [0.25, 0.3) is 5.56 Å². The number of aromatic nitrogens is 4. The molecule has 0 radical (unpaired) electrons. The van der Waals surface area contributed by atoms with Crippen LogP contribution >= 0.6 is 11.6 Å². The predicted octanol–water partition coefficient (Wildman–Crippen LogP) is 3.12. The predicted molar refractivity (Wildman–Crippen MR) is 109 cm³/mol. The van der Waals surface area contributed by atoms with Crippen molar-refractivity contribution >= 4 is 17.3 Å². The Kier molecular flexibility index (Phi) is 5.45. The van der Waals surface area contributed by atoms with Gasteiger partial charge in [0, 0.05) is 20.2 Å². The number of ether oxygens (including phenoxy) is 1. The number of aryl methyl sites for hydroxylation is 1. The van der Waals surface area contributed by atoms with Crippen molar-refractivity contribution in [2.24, 2.45) is 13.0 Å². The summed E-state index contributed by atoms with van der Waals surface area (Å²) in [5, 5.41) is 7.67. The molecule has 0 aliphatic carbocycles. The Morgan fingerprint density at radius 1 is 1.29 bits per heavy atom. The number of imidazole rings is 1. The lowest BCUT2D eigenvalue weighted by molar-refractivity contribution is 0.0595. The fraction of sp³-hybridized carbons (Fsp3) is 0.350. The molecule has 1 N–H and O–H groups in total. The van der Waals surface area contributed by atoms with Crippen LogP contribution in [0.15, 0.2) is 47.8 Å². The normalized spacial score (nSPS) is 16.9. The second-order valence-corrected chi connectivity index (χ2v) is 7.37. The number of benzene rings is 1. The second-order valence-electron chi connectivity index (χ2n) is 6.99. The van der Waals surface area contributed by atoms with E-state index in [1.165, 1.54) is 4.68 Å². The maximum atomic E-state index is 12.7. The minimum Gasteiger partial charge on any atom is -0.382 e. The van der Waals surface area contributed by atoms with Gasteiger partial charge < -0.3 is 14.6 Å². The SMILES string of the molecule is Cn1cncc1-c1ccc(-n2ncc(NC[C@H]3CCCOC3)c(Cl)c2=O)cc1. The summed E-state index contributed by atoms with van der Waals surface area (Å²) in [6.45, 7) is 2.27. The molecule has 2 aromatic heterocycles. The highest BCUT2D eigenvalue weighted by molar-refractivity contribution is 6.32. The largest absolute Gasteiger partial charge is 0.382 e. The monoisotopic (exact) mass is 399 g/mol. The van der Waals surface area contributed by atoms with Gasteiger partial charge in [0.15, 0.2) is 0 Å². The molecule has 28 heavy (non-hydrogen) atoms. The molecule has 4 rings (SSSR count). The number of anilines is 1. The van der Waals surface area contributed by atoms with Gasteiger partial charge in [-0.3, -0.25) is 4.79 Å². The average Bonchev–Trinajstić information content (AvgIpc) is 3.16. The maximum Gasteiger partial charge on any atom is 0.292 e. The van der Waals surface area contributed by atoms with Crippen molar-refractivity contribution in [3.63, 3.8) is 0 Å². The van der Waals surface area contributed by atoms with Crippen LogP contribution in [0, 0.1) is 5.92 Å². The Labute approximate surface area is 167 Å². The van der Waals surface area contributed by atoms with E-state index < -0.39 is 0 Å². The maximum absolute atomic E-state index is 12.7. The number of hydrogen-bond acceptors (Lipinski definition) is 5. The number of hydrogen-bond donors (Lipinski definition) is 1. The molecular formula is C20H22ClN5O2. The third kappa shape index (κ3) is 3.81. The fourth-order valence-electron chi connectivity index (χ4n) is 3.37. The molecule has 1 atom stereocenters. The van der Waals surface area contributed by atoms with Gasteiger partial charge in [-0.25, -0.2) is 4.98 Å². The molecule has 146 valence electrons. The van der Waals surface area contributed by atoms with Gasteiger partial charge in [-0.2, -0.15) is 9.78 Å². The minimum absolute atomic E-state index is 0.141. The Bertz CT molecular complexity index is 1010. The van der Waals surface area contributed by atoms with Crippen molar-refractivity contribution in [2.45, 2.75) is 12.8 Å². The van der Waals surface area contributed by atoms with E-state index in [4.69, 9.17) is 16.3 Å². The first-order valence-corrected chi connectivity index (χ1v) is 9.68. The van der Waals surface area contributed by atoms with Crippen LogP contribution in [0.3, 0.4) is 0 Å². The van der Waals surface area contributed by atoms with E-state index >= 15 is 0 Å². The highest BCUT2D eigenvalue weighted by Gasteiger charge is 2.16. The quantitative estimate of drug-likeness (QED) is 0.713. The molecule has 0 saturated carbocycles. The number of nitrogens with one attached hydrogen (secondary N) is 1. The molecule has 0 amide bonds. The van der Waals surface area contributed by atoms with Crippen LogP contribution in [0.1, 0.15) is 12.8 Å². The van der Waals surface area contributed by atoms with Crippen LogP contribution in [0.4, 0.5) is 5.69 Å². The summed E-state index contributed by atoms with van der Waals surface area (Å²) in [6.07, 6.45) is 7.32. The van der Waals surface area contributed by atoms with Gasteiger partial charge in [-0.05, 0) is 36.5 Å². The van der Waals surface area contributed by atoms with E-state index in [-0.39, 0.29) is 10.6 Å². The second kappa shape index (κ2) is 8.16. The molecule has 0 spiro atoms. The zero-order valence-corrected chi connectivity index (χ0v) is 16.4. The van der Waals surface area contributed by atoms with Crippen LogP contribution in [0.2, 0.25) is 5.02 Å². The summed E-state index contributed by atoms with van der Waals surface area (Å²) in [4.78, 5) is 16.8. The van der Waals surface area contributed by atoms with Crippen molar-refractivity contribution in [3.05, 3.63) is 58.4 Å². The van der Waals surface area contributed by atoms with Gasteiger partial charge in [0.1, 0.15) is 5.02 Å². The zero-order valence-electron chi connectivity index (χ0n) is 15.6. The molecular weight excluding hydrogens is 378 g/mol. The summed E-state index contributed by atoms with van der Waals surface area (Å²) >= 11 is 6.32. The van der Waals surface area contributed by atoms with Crippen LogP contribution in [-0.2, 0) is 11.8 Å². The van der Waals surface area contributed by atoms with Crippen molar-refractivity contribution in [2.75, 3.05) is 25.1 Å². The van der Waals surface area contributed by atoms with E-state index in [0.717, 1.165) is 37.3 Å². The lowest BCUT2D eigenvalue weighted by Gasteiger charge is -2.22. The molecule has 8 heteroatoms. The molecule has 1 fully saturated rings. The molecule has 1 aromatic carbocycles. The molecule has 1 saturated heterocycles. The topological polar surface area (TPSA) is 74.0 Å². The highest BCUT2D eigenvalue weighted by atomic mass is 35.5. The van der Waals surface area contributed by atoms with Crippen LogP contribution in [-0.4, -0.2) is 39.1 Å². The Hall–Kier alpha value is -2.64. The molecule has 1 aliphatic heterocycles. The van der Waals surface area contributed by atoms with Crippen molar-refractivity contribution in [3.8, 4) is 16.9 Å². The summed E-state index contributed by atoms with van der Waals surface area (Å²) in [6, 6.07) is 7.56. The first-order chi connectivity index (χ1) is 13.6. The highest BCUT2D eigenvalue weighted by Crippen LogP contribution is 2.22. The van der Waals surface area contributed by atoms with Gasteiger partial charge in [-0.15, -0.1) is 0 Å². The van der Waals surface area contributed by atoms with E-state index in [1.807, 2.05) is 35.9 Å². The van der Waals surface area contributed by atoms with Crippen LogP contribution < -0.4 is 10.9 Å². The zero-order chi connectivity index (χ0) is 19.5. The summed E-state index contributed by atoms with van der Waals surface area (Å²) < 4.78 is 8.73. The smallest absolute Gasteiger partial charge is 0.292 e. The third-order valence-electron chi connectivity index (χ3n) is 4.98. The molecule has 3 heterocycles. The van der Waals surface area contributed by atoms with Gasteiger partial charge in [0.2, 0.25) is 0 Å². The van der Waals surface area contributed by atoms with E-state index in [1.54, 1.807) is 18.7 Å². The Morgan fingerprint density at radius 3 is 2.79 bits per heavy atom. The summed E-state index contributed by atoms with van der Waals surface area (Å²) in [5.74, 6) is 0.423. The Balaban J connectivity index is 1.53. The first-order valence-electron chi connectivity index (χ1n) is 9.30. The molecule has 7 nitrogen and oxygen atoms in total. The molecule has 0 bridgehead atoms. The molecule has 1 aliphatic rings. The average molecular weight is 400 g/mol. The standard InChI is InChI=1S/C20H22ClN5O2/c1-25-13-22-11-18(25)15-4-6-16(7-5-15)26-20(27)19(21)17(10-24-26)23-9-14-3-2-8-28-12-14/h4-7,10-11,13-14,23H,2-3,8-9,12H2,1H3/t14-/m1/s1. The van der Waals surface area contributed by atoms with Crippen LogP contribution in [0.5, 0.6) is 0 Å². The number of halogens is 1. The lowest BCUT2D eigenvalue weighted by atomic mass is 10.0. The van der Waals surface area contributed by atoms with Gasteiger partial charge >= 0.3 is 0 Å². The van der Waals surface area contributed by atoms with Crippen molar-refractivity contribution in [1.29, 1.82) is 0 Å². The minimum atomic E-state index is -0.347. The van der Waals surface area contributed by atoms with Gasteiger partial charge in [0.05, 0.1) is 42.4 Å². The molecule has 3 aromatic rings. The summed E-state index contributed by atoms with van der Waals surface area (Å²) in [5.41, 5.74) is 2.87. The Morgan fingerprint density at radius 2 is 2.11 bits per heavy atom. The van der Waals surface area contributed by atoms with Crippen molar-refractivity contribution < 1.29 is 4.74 Å². The lowest BCUT2D eigenvalue weighted by Crippen LogP contribution is -2.26. The van der Waals surface area contributed by atoms with E-state index in [0.29, 0.717) is 23.8 Å². The van der Waals surface area contributed by atoms with E-state index in [9.17, 15) is 4.79 Å². The van der Waals surface area contributed by atoms with E-state index in [2.05, 4.69) is 15.4 Å². The molecule has 0 unspecified atom stereocenters. The number of nitrogens with zero attached hydrogens (tertiary/aromatic N) is 4. The van der Waals surface area contributed by atoms with Crippen LogP contribution in [0.25, 0.3) is 16.9 Å². The first kappa shape index (κ1) is 18.7. The fourth-order valence-corrected chi connectivity index (χ4v) is 3.57. The van der Waals surface area contributed by atoms with Gasteiger partial charge in [-0.1, -0.05) is 23.7 Å². The van der Waals surface area contributed by atoms with Crippen molar-refractivity contribution in [1.82, 2.24) is 19.3 Å². The third-order valence-corrected chi connectivity index (χ3v) is 5.34. The summed E-state index contributed by atoms with van der Waals surface area (Å²) in [7, 11) is 1.94. The number of rotatable bonds is 5.